The highest BCUT2D eigenvalue weighted by molar-refractivity contribution is 5.80. The number of nitrogens with zero attached hydrogens (tertiary/aromatic N) is 3. The Kier molecular flexibility index (Phi) is 6.12. The Bertz CT molecular complexity index is 639. The second-order valence-electron chi connectivity index (χ2n) is 8.25. The highest BCUT2D eigenvalue weighted by Crippen LogP contribution is 2.29. The second kappa shape index (κ2) is 8.91. The van der Waals surface area contributed by atoms with Crippen molar-refractivity contribution in [3.63, 3.8) is 0 Å². The van der Waals surface area contributed by atoms with Gasteiger partial charge in [0.25, 0.3) is 0 Å². The Morgan fingerprint density at radius 2 is 2.11 bits per heavy atom. The van der Waals surface area contributed by atoms with Gasteiger partial charge >= 0.3 is 0 Å². The van der Waals surface area contributed by atoms with Crippen LogP contribution in [0.3, 0.4) is 0 Å². The van der Waals surface area contributed by atoms with Crippen LogP contribution < -0.4 is 15.4 Å². The van der Waals surface area contributed by atoms with Crippen molar-refractivity contribution in [1.82, 2.24) is 20.5 Å². The predicted octanol–water partition coefficient (Wildman–Crippen LogP) is 2.55. The van der Waals surface area contributed by atoms with Gasteiger partial charge in [0, 0.05) is 51.0 Å². The number of pyridine rings is 1. The average Bonchev–Trinajstić information content (AvgIpc) is 3.16. The molecular weight excluding hydrogens is 338 g/mol. The number of rotatable bonds is 7. The molecule has 2 aliphatic carbocycles. The molecular formula is C21H33N5O. The summed E-state index contributed by atoms with van der Waals surface area (Å²) >= 11 is 0. The van der Waals surface area contributed by atoms with Crippen LogP contribution in [0.4, 0.5) is 0 Å². The van der Waals surface area contributed by atoms with E-state index in [-0.39, 0.29) is 0 Å². The van der Waals surface area contributed by atoms with Gasteiger partial charge in [0.1, 0.15) is 0 Å². The minimum absolute atomic E-state index is 0.492. The molecule has 6 heteroatoms. The van der Waals surface area contributed by atoms with Gasteiger partial charge < -0.3 is 15.4 Å². The van der Waals surface area contributed by atoms with Crippen LogP contribution in [0.2, 0.25) is 0 Å². The van der Waals surface area contributed by atoms with E-state index < -0.39 is 0 Å². The fraction of sp³-hybridized carbons (Fsp3) is 0.714. The lowest BCUT2D eigenvalue weighted by Gasteiger charge is -2.24. The highest BCUT2D eigenvalue weighted by atomic mass is 16.5. The summed E-state index contributed by atoms with van der Waals surface area (Å²) in [6.07, 6.45) is 11.2. The number of hydrogen-bond acceptors (Lipinski definition) is 4. The minimum atomic E-state index is 0.492. The Morgan fingerprint density at radius 3 is 2.89 bits per heavy atom. The largest absolute Gasteiger partial charge is 0.477 e. The number of guanidine groups is 1. The number of ether oxygens (including phenoxy) is 1. The Morgan fingerprint density at radius 1 is 1.26 bits per heavy atom. The molecule has 1 aliphatic heterocycles. The molecule has 1 saturated heterocycles. The molecule has 3 fully saturated rings. The molecule has 1 aromatic rings. The molecule has 2 heterocycles. The van der Waals surface area contributed by atoms with Gasteiger partial charge in [0.2, 0.25) is 5.88 Å². The van der Waals surface area contributed by atoms with E-state index >= 15 is 0 Å². The van der Waals surface area contributed by atoms with Gasteiger partial charge in [-0.2, -0.15) is 0 Å². The predicted molar refractivity (Wildman–Crippen MR) is 108 cm³/mol. The average molecular weight is 372 g/mol. The smallest absolute Gasteiger partial charge is 0.213 e. The fourth-order valence-electron chi connectivity index (χ4n) is 4.21. The summed E-state index contributed by atoms with van der Waals surface area (Å²) in [5, 5.41) is 7.04. The summed E-state index contributed by atoms with van der Waals surface area (Å²) in [7, 11) is 1.84. The fourth-order valence-corrected chi connectivity index (χ4v) is 4.21. The number of nitrogens with one attached hydrogen (secondary N) is 2. The number of likely N-dealkylation sites (tertiary alicyclic amines) is 1. The Labute approximate surface area is 162 Å². The first-order valence-electron chi connectivity index (χ1n) is 10.6. The van der Waals surface area contributed by atoms with Gasteiger partial charge in [-0.15, -0.1) is 0 Å². The lowest BCUT2D eigenvalue weighted by Crippen LogP contribution is -2.45. The van der Waals surface area contributed by atoms with Crippen molar-refractivity contribution in [2.75, 3.05) is 26.7 Å². The van der Waals surface area contributed by atoms with E-state index in [4.69, 9.17) is 4.74 Å². The van der Waals surface area contributed by atoms with E-state index in [1.807, 2.05) is 25.4 Å². The quantitative estimate of drug-likeness (QED) is 0.570. The molecule has 4 rings (SSSR count). The summed E-state index contributed by atoms with van der Waals surface area (Å²) in [5.74, 6) is 2.35. The number of aliphatic imine (C=N–C) groups is 1. The Hall–Kier alpha value is -1.82. The topological polar surface area (TPSA) is 61.8 Å². The van der Waals surface area contributed by atoms with Gasteiger partial charge in [0.15, 0.2) is 5.96 Å². The molecule has 6 nitrogen and oxygen atoms in total. The first-order valence-corrected chi connectivity index (χ1v) is 10.6. The van der Waals surface area contributed by atoms with Crippen molar-refractivity contribution in [1.29, 1.82) is 0 Å². The minimum Gasteiger partial charge on any atom is -0.477 e. The maximum absolute atomic E-state index is 5.78. The summed E-state index contributed by atoms with van der Waals surface area (Å²) in [4.78, 5) is 11.4. The SMILES string of the molecule is CN=C(NCc1ccnc(OCC2CC2)c1)NC1CCN(C2CCCC2)C1. The standard InChI is InChI=1S/C21H33N5O/c1-22-21(25-18-9-11-26(14-18)19-4-2-3-5-19)24-13-17-8-10-23-20(12-17)27-15-16-6-7-16/h8,10,12,16,18-19H,2-7,9,11,13-15H2,1H3,(H2,22,24,25). The Balaban J connectivity index is 1.22. The summed E-state index contributed by atoms with van der Waals surface area (Å²) in [6.45, 7) is 3.87. The van der Waals surface area contributed by atoms with Crippen molar-refractivity contribution >= 4 is 5.96 Å². The monoisotopic (exact) mass is 371 g/mol. The van der Waals surface area contributed by atoms with Gasteiger partial charge in [-0.25, -0.2) is 4.98 Å². The normalized spacial score (nSPS) is 24.3. The summed E-state index contributed by atoms with van der Waals surface area (Å²) in [5.41, 5.74) is 1.16. The van der Waals surface area contributed by atoms with Crippen LogP contribution in [-0.2, 0) is 6.54 Å². The van der Waals surface area contributed by atoms with Gasteiger partial charge in [-0.1, -0.05) is 12.8 Å². The van der Waals surface area contributed by atoms with Crippen LogP contribution in [0.5, 0.6) is 5.88 Å². The first kappa shape index (κ1) is 18.5. The molecule has 3 aliphatic rings. The third-order valence-electron chi connectivity index (χ3n) is 6.05. The molecule has 1 unspecified atom stereocenters. The van der Waals surface area contributed by atoms with E-state index in [1.54, 1.807) is 0 Å². The van der Waals surface area contributed by atoms with Crippen molar-refractivity contribution in [3.05, 3.63) is 23.9 Å². The zero-order valence-electron chi connectivity index (χ0n) is 16.5. The maximum atomic E-state index is 5.78. The molecule has 2 saturated carbocycles. The van der Waals surface area contributed by atoms with E-state index in [0.29, 0.717) is 6.04 Å². The zero-order chi connectivity index (χ0) is 18.5. The van der Waals surface area contributed by atoms with Crippen molar-refractivity contribution < 1.29 is 4.74 Å². The maximum Gasteiger partial charge on any atom is 0.213 e. The number of hydrogen-bond donors (Lipinski definition) is 2. The molecule has 0 radical (unpaired) electrons. The lowest BCUT2D eigenvalue weighted by atomic mass is 10.2. The molecule has 2 N–H and O–H groups in total. The molecule has 0 amide bonds. The molecule has 148 valence electrons. The van der Waals surface area contributed by atoms with E-state index in [1.165, 1.54) is 51.5 Å². The van der Waals surface area contributed by atoms with Crippen molar-refractivity contribution in [2.45, 2.75) is 63.6 Å². The first-order chi connectivity index (χ1) is 13.3. The van der Waals surface area contributed by atoms with E-state index in [2.05, 4.69) is 25.5 Å². The summed E-state index contributed by atoms with van der Waals surface area (Å²) < 4.78 is 5.78. The van der Waals surface area contributed by atoms with Crippen LogP contribution in [0.15, 0.2) is 23.3 Å². The van der Waals surface area contributed by atoms with Crippen molar-refractivity contribution in [2.24, 2.45) is 10.9 Å². The third-order valence-corrected chi connectivity index (χ3v) is 6.05. The van der Waals surface area contributed by atoms with Crippen LogP contribution in [0.25, 0.3) is 0 Å². The lowest BCUT2D eigenvalue weighted by molar-refractivity contribution is 0.242. The molecule has 0 aromatic carbocycles. The number of aromatic nitrogens is 1. The highest BCUT2D eigenvalue weighted by Gasteiger charge is 2.30. The van der Waals surface area contributed by atoms with E-state index in [0.717, 1.165) is 49.1 Å². The van der Waals surface area contributed by atoms with Crippen LogP contribution >= 0.6 is 0 Å². The van der Waals surface area contributed by atoms with Gasteiger partial charge in [0.05, 0.1) is 6.61 Å². The van der Waals surface area contributed by atoms with Crippen LogP contribution in [0, 0.1) is 5.92 Å². The van der Waals surface area contributed by atoms with Crippen LogP contribution in [0.1, 0.15) is 50.5 Å². The molecule has 1 atom stereocenters. The molecule has 0 bridgehead atoms. The molecule has 27 heavy (non-hydrogen) atoms. The zero-order valence-corrected chi connectivity index (χ0v) is 16.5. The van der Waals surface area contributed by atoms with E-state index in [9.17, 15) is 0 Å². The molecule has 1 aromatic heterocycles. The second-order valence-corrected chi connectivity index (χ2v) is 8.25. The van der Waals surface area contributed by atoms with Gasteiger partial charge in [-0.3, -0.25) is 9.89 Å². The summed E-state index contributed by atoms with van der Waals surface area (Å²) in [6, 6.07) is 5.37. The van der Waals surface area contributed by atoms with Crippen molar-refractivity contribution in [3.8, 4) is 5.88 Å². The molecule has 0 spiro atoms. The van der Waals surface area contributed by atoms with Crippen LogP contribution in [-0.4, -0.2) is 54.7 Å². The van der Waals surface area contributed by atoms with Gasteiger partial charge in [-0.05, 0) is 49.7 Å². The third kappa shape index (κ3) is 5.34.